The van der Waals surface area contributed by atoms with Gasteiger partial charge in [0.05, 0.1) is 12.7 Å². The van der Waals surface area contributed by atoms with E-state index in [1.165, 1.54) is 5.56 Å². The van der Waals surface area contributed by atoms with E-state index in [9.17, 15) is 5.11 Å². The highest BCUT2D eigenvalue weighted by Gasteiger charge is 2.38. The summed E-state index contributed by atoms with van der Waals surface area (Å²) in [6, 6.07) is 10.3. The SMILES string of the molecule is COC[C@@]1(O)CCCCO[C@H]1CCc1ccccc1. The number of hydrogen-bond donors (Lipinski definition) is 1. The monoisotopic (exact) mass is 264 g/mol. The molecule has 1 heterocycles. The minimum Gasteiger partial charge on any atom is -0.385 e. The van der Waals surface area contributed by atoms with Crippen molar-refractivity contribution in [3.63, 3.8) is 0 Å². The Bertz CT molecular complexity index is 366. The summed E-state index contributed by atoms with van der Waals surface area (Å²) < 4.78 is 11.1. The molecule has 1 N–H and O–H groups in total. The van der Waals surface area contributed by atoms with Crippen molar-refractivity contribution in [1.82, 2.24) is 0 Å². The summed E-state index contributed by atoms with van der Waals surface area (Å²) in [7, 11) is 1.64. The summed E-state index contributed by atoms with van der Waals surface area (Å²) in [5.41, 5.74) is 0.454. The minimum atomic E-state index is -0.833. The van der Waals surface area contributed by atoms with Gasteiger partial charge in [-0.1, -0.05) is 30.3 Å². The van der Waals surface area contributed by atoms with E-state index in [1.807, 2.05) is 18.2 Å². The molecule has 3 nitrogen and oxygen atoms in total. The third-order valence-electron chi connectivity index (χ3n) is 3.85. The van der Waals surface area contributed by atoms with Crippen LogP contribution < -0.4 is 0 Å². The molecule has 2 atom stereocenters. The van der Waals surface area contributed by atoms with Crippen molar-refractivity contribution in [1.29, 1.82) is 0 Å². The molecule has 0 saturated carbocycles. The molecule has 3 heteroatoms. The highest BCUT2D eigenvalue weighted by molar-refractivity contribution is 5.15. The lowest BCUT2D eigenvalue weighted by atomic mass is 9.88. The van der Waals surface area contributed by atoms with Crippen molar-refractivity contribution >= 4 is 0 Å². The maximum atomic E-state index is 10.7. The van der Waals surface area contributed by atoms with Gasteiger partial charge in [-0.3, -0.25) is 0 Å². The molecule has 1 aromatic carbocycles. The number of methoxy groups -OCH3 is 1. The van der Waals surface area contributed by atoms with Crippen LogP contribution in [0.4, 0.5) is 0 Å². The first kappa shape index (κ1) is 14.5. The van der Waals surface area contributed by atoms with Crippen LogP contribution in [0.3, 0.4) is 0 Å². The molecule has 1 aliphatic rings. The summed E-state index contributed by atoms with van der Waals surface area (Å²) in [5, 5.41) is 10.7. The van der Waals surface area contributed by atoms with Gasteiger partial charge in [-0.05, 0) is 37.7 Å². The van der Waals surface area contributed by atoms with Gasteiger partial charge in [0, 0.05) is 13.7 Å². The van der Waals surface area contributed by atoms with Crippen LogP contribution >= 0.6 is 0 Å². The summed E-state index contributed by atoms with van der Waals surface area (Å²) in [4.78, 5) is 0. The molecule has 1 fully saturated rings. The molecule has 0 spiro atoms. The molecule has 0 amide bonds. The number of hydrogen-bond acceptors (Lipinski definition) is 3. The largest absolute Gasteiger partial charge is 0.385 e. The van der Waals surface area contributed by atoms with Gasteiger partial charge < -0.3 is 14.6 Å². The smallest absolute Gasteiger partial charge is 0.114 e. The van der Waals surface area contributed by atoms with Crippen molar-refractivity contribution in [2.24, 2.45) is 0 Å². The molecule has 1 aromatic rings. The predicted molar refractivity (Wildman–Crippen MR) is 75.2 cm³/mol. The normalized spacial score (nSPS) is 28.0. The van der Waals surface area contributed by atoms with Gasteiger partial charge in [0.25, 0.3) is 0 Å². The number of benzene rings is 1. The summed E-state index contributed by atoms with van der Waals surface area (Å²) in [5.74, 6) is 0. The molecule has 2 rings (SSSR count). The van der Waals surface area contributed by atoms with E-state index in [2.05, 4.69) is 12.1 Å². The molecule has 19 heavy (non-hydrogen) atoms. The quantitative estimate of drug-likeness (QED) is 0.888. The van der Waals surface area contributed by atoms with Gasteiger partial charge >= 0.3 is 0 Å². The first-order chi connectivity index (χ1) is 9.24. The fraction of sp³-hybridized carbons (Fsp3) is 0.625. The van der Waals surface area contributed by atoms with Crippen LogP contribution in [0.15, 0.2) is 30.3 Å². The van der Waals surface area contributed by atoms with E-state index < -0.39 is 5.60 Å². The van der Waals surface area contributed by atoms with Crippen molar-refractivity contribution in [2.75, 3.05) is 20.3 Å². The molecule has 106 valence electrons. The van der Waals surface area contributed by atoms with Gasteiger partial charge in [0.1, 0.15) is 5.60 Å². The second-order valence-electron chi connectivity index (χ2n) is 5.38. The Morgan fingerprint density at radius 2 is 2.11 bits per heavy atom. The van der Waals surface area contributed by atoms with Crippen LogP contribution in [0.2, 0.25) is 0 Å². The number of aliphatic hydroxyl groups is 1. The van der Waals surface area contributed by atoms with Gasteiger partial charge in [-0.15, -0.1) is 0 Å². The first-order valence-corrected chi connectivity index (χ1v) is 7.11. The third-order valence-corrected chi connectivity index (χ3v) is 3.85. The molecule has 0 aliphatic carbocycles. The van der Waals surface area contributed by atoms with Crippen molar-refractivity contribution in [3.05, 3.63) is 35.9 Å². The highest BCUT2D eigenvalue weighted by Crippen LogP contribution is 2.28. The fourth-order valence-corrected chi connectivity index (χ4v) is 2.78. The Balaban J connectivity index is 1.98. The van der Waals surface area contributed by atoms with Crippen LogP contribution in [0, 0.1) is 0 Å². The molecule has 1 saturated heterocycles. The van der Waals surface area contributed by atoms with E-state index in [4.69, 9.17) is 9.47 Å². The predicted octanol–water partition coefficient (Wildman–Crippen LogP) is 2.57. The lowest BCUT2D eigenvalue weighted by Crippen LogP contribution is -2.47. The second-order valence-corrected chi connectivity index (χ2v) is 5.38. The molecule has 0 aromatic heterocycles. The van der Waals surface area contributed by atoms with Crippen LogP contribution in [0.5, 0.6) is 0 Å². The molecular weight excluding hydrogens is 240 g/mol. The van der Waals surface area contributed by atoms with Gasteiger partial charge in [0.15, 0.2) is 0 Å². The van der Waals surface area contributed by atoms with Crippen LogP contribution in [0.25, 0.3) is 0 Å². The van der Waals surface area contributed by atoms with Crippen LogP contribution in [-0.4, -0.2) is 37.1 Å². The van der Waals surface area contributed by atoms with E-state index >= 15 is 0 Å². The van der Waals surface area contributed by atoms with E-state index in [0.29, 0.717) is 6.61 Å². The molecular formula is C16H24O3. The highest BCUT2D eigenvalue weighted by atomic mass is 16.5. The van der Waals surface area contributed by atoms with Crippen molar-refractivity contribution in [2.45, 2.75) is 43.8 Å². The Labute approximate surface area is 115 Å². The zero-order valence-corrected chi connectivity index (χ0v) is 11.7. The Kier molecular flexibility index (Phi) is 5.37. The molecule has 0 unspecified atom stereocenters. The first-order valence-electron chi connectivity index (χ1n) is 7.11. The second kappa shape index (κ2) is 7.04. The Morgan fingerprint density at radius 1 is 1.32 bits per heavy atom. The maximum absolute atomic E-state index is 10.7. The average molecular weight is 264 g/mol. The van der Waals surface area contributed by atoms with Gasteiger partial charge in [-0.2, -0.15) is 0 Å². The summed E-state index contributed by atoms with van der Waals surface area (Å²) in [6.07, 6.45) is 4.42. The molecule has 1 aliphatic heterocycles. The Morgan fingerprint density at radius 3 is 2.84 bits per heavy atom. The maximum Gasteiger partial charge on any atom is 0.114 e. The Hall–Kier alpha value is -0.900. The third kappa shape index (κ3) is 4.03. The molecule has 0 bridgehead atoms. The average Bonchev–Trinajstić information content (AvgIpc) is 2.60. The lowest BCUT2D eigenvalue weighted by molar-refractivity contribution is -0.133. The summed E-state index contributed by atoms with van der Waals surface area (Å²) >= 11 is 0. The van der Waals surface area contributed by atoms with Crippen molar-refractivity contribution in [3.8, 4) is 0 Å². The van der Waals surface area contributed by atoms with Crippen molar-refractivity contribution < 1.29 is 14.6 Å². The standard InChI is InChI=1S/C16H24O3/c1-18-13-16(17)11-5-6-12-19-15(16)10-9-14-7-3-2-4-8-14/h2-4,7-8,15,17H,5-6,9-13H2,1H3/t15-,16-/m0/s1. The van der Waals surface area contributed by atoms with Crippen LogP contribution in [-0.2, 0) is 15.9 Å². The lowest BCUT2D eigenvalue weighted by Gasteiger charge is -2.33. The van der Waals surface area contributed by atoms with Gasteiger partial charge in [-0.25, -0.2) is 0 Å². The van der Waals surface area contributed by atoms with Gasteiger partial charge in [0.2, 0.25) is 0 Å². The minimum absolute atomic E-state index is 0.129. The fourth-order valence-electron chi connectivity index (χ4n) is 2.78. The number of ether oxygens (including phenoxy) is 2. The zero-order valence-electron chi connectivity index (χ0n) is 11.7. The number of rotatable bonds is 5. The zero-order chi connectivity index (χ0) is 13.6. The van der Waals surface area contributed by atoms with E-state index in [0.717, 1.165) is 38.7 Å². The topological polar surface area (TPSA) is 38.7 Å². The summed E-state index contributed by atoms with van der Waals surface area (Å²) in [6.45, 7) is 1.10. The molecule has 0 radical (unpaired) electrons. The number of aryl methyl sites for hydroxylation is 1. The van der Waals surface area contributed by atoms with E-state index in [1.54, 1.807) is 7.11 Å². The van der Waals surface area contributed by atoms with E-state index in [-0.39, 0.29) is 6.10 Å². The van der Waals surface area contributed by atoms with Crippen LogP contribution in [0.1, 0.15) is 31.2 Å².